The van der Waals surface area contributed by atoms with E-state index in [1.54, 1.807) is 61.5 Å². The van der Waals surface area contributed by atoms with Crippen LogP contribution in [0.25, 0.3) is 0 Å². The number of rotatable bonds is 10. The average molecular weight is 696 g/mol. The van der Waals surface area contributed by atoms with Gasteiger partial charge in [-0.3, -0.25) is 13.9 Å². The summed E-state index contributed by atoms with van der Waals surface area (Å²) in [6.45, 7) is 3.05. The zero-order chi connectivity index (χ0) is 30.4. The quantitative estimate of drug-likeness (QED) is 0.245. The topological polar surface area (TPSA) is 86.8 Å². The van der Waals surface area contributed by atoms with E-state index in [2.05, 4.69) is 21.2 Å². The molecule has 1 aliphatic rings. The van der Waals surface area contributed by atoms with E-state index in [4.69, 9.17) is 23.2 Å². The first-order valence-electron chi connectivity index (χ1n) is 13.8. The second-order valence-electron chi connectivity index (χ2n) is 10.6. The van der Waals surface area contributed by atoms with Crippen molar-refractivity contribution in [2.45, 2.75) is 69.5 Å². The molecule has 3 aromatic carbocycles. The first-order valence-corrected chi connectivity index (χ1v) is 16.8. The van der Waals surface area contributed by atoms with Crippen molar-refractivity contribution in [3.05, 3.63) is 92.4 Å². The Kier molecular flexibility index (Phi) is 11.0. The van der Waals surface area contributed by atoms with Crippen LogP contribution in [-0.2, 0) is 26.2 Å². The van der Waals surface area contributed by atoms with Gasteiger partial charge in [0.1, 0.15) is 12.6 Å². The van der Waals surface area contributed by atoms with Crippen LogP contribution < -0.4 is 9.62 Å². The fraction of sp³-hybridized carbons (Fsp3) is 0.355. The number of amides is 2. The lowest BCUT2D eigenvalue weighted by Gasteiger charge is -2.33. The van der Waals surface area contributed by atoms with Crippen molar-refractivity contribution in [1.29, 1.82) is 0 Å². The van der Waals surface area contributed by atoms with Crippen molar-refractivity contribution in [2.75, 3.05) is 10.8 Å². The standard InChI is InChI=1S/C31H34BrCl2N3O4S/c1-21-8-15-27(16-9-21)42(40,41)37(26-13-11-24(32)12-14-26)20-30(38)36(19-23-10-17-28(33)29(34)18-23)22(2)31(39)35-25-6-4-3-5-7-25/h8-18,22,25H,3-7,19-20H2,1-2H3,(H,35,39)/t22-/m1/s1. The number of anilines is 1. The Bertz CT molecular complexity index is 1510. The van der Waals surface area contributed by atoms with E-state index in [9.17, 15) is 18.0 Å². The maximum absolute atomic E-state index is 14.1. The van der Waals surface area contributed by atoms with Gasteiger partial charge >= 0.3 is 0 Å². The molecule has 0 aromatic heterocycles. The minimum absolute atomic E-state index is 0.0354. The van der Waals surface area contributed by atoms with E-state index in [1.165, 1.54) is 17.0 Å². The third kappa shape index (κ3) is 8.07. The number of nitrogens with one attached hydrogen (secondary N) is 1. The average Bonchev–Trinajstić information content (AvgIpc) is 2.97. The molecule has 1 fully saturated rings. The fourth-order valence-corrected chi connectivity index (χ4v) is 6.96. The number of hydrogen-bond acceptors (Lipinski definition) is 4. The number of benzene rings is 3. The van der Waals surface area contributed by atoms with Crippen LogP contribution in [0.15, 0.2) is 76.1 Å². The number of nitrogens with zero attached hydrogens (tertiary/aromatic N) is 2. The number of halogens is 3. The number of hydrogen-bond donors (Lipinski definition) is 1. The summed E-state index contributed by atoms with van der Waals surface area (Å²) >= 11 is 15.8. The normalized spacial score (nSPS) is 14.7. The first-order chi connectivity index (χ1) is 20.0. The maximum atomic E-state index is 14.1. The van der Waals surface area contributed by atoms with Gasteiger partial charge in [-0.05, 0) is 80.8 Å². The molecule has 11 heteroatoms. The minimum atomic E-state index is -4.13. The molecule has 0 spiro atoms. The van der Waals surface area contributed by atoms with E-state index in [-0.39, 0.29) is 23.4 Å². The third-order valence-corrected chi connectivity index (χ3v) is 10.5. The predicted octanol–water partition coefficient (Wildman–Crippen LogP) is 7.13. The highest BCUT2D eigenvalue weighted by Crippen LogP contribution is 2.28. The summed E-state index contributed by atoms with van der Waals surface area (Å²) in [4.78, 5) is 29.0. The molecule has 0 heterocycles. The van der Waals surface area contributed by atoms with Gasteiger partial charge in [0, 0.05) is 17.1 Å². The Hall–Kier alpha value is -2.59. The highest BCUT2D eigenvalue weighted by molar-refractivity contribution is 9.10. The Labute approximate surface area is 266 Å². The van der Waals surface area contributed by atoms with Crippen LogP contribution >= 0.6 is 39.1 Å². The molecule has 0 saturated heterocycles. The molecule has 2 amide bonds. The van der Waals surface area contributed by atoms with Gasteiger partial charge in [-0.15, -0.1) is 0 Å². The zero-order valence-electron chi connectivity index (χ0n) is 23.5. The monoisotopic (exact) mass is 693 g/mol. The second-order valence-corrected chi connectivity index (χ2v) is 14.2. The Balaban J connectivity index is 1.68. The molecule has 0 unspecified atom stereocenters. The van der Waals surface area contributed by atoms with Gasteiger partial charge in [-0.1, -0.05) is 82.2 Å². The van der Waals surface area contributed by atoms with Crippen LogP contribution in [0.3, 0.4) is 0 Å². The summed E-state index contributed by atoms with van der Waals surface area (Å²) in [5, 5.41) is 3.78. The molecular formula is C31H34BrCl2N3O4S. The van der Waals surface area contributed by atoms with E-state index in [0.717, 1.165) is 46.4 Å². The van der Waals surface area contributed by atoms with Crippen LogP contribution in [0.4, 0.5) is 5.69 Å². The molecule has 1 atom stereocenters. The van der Waals surface area contributed by atoms with Crippen LogP contribution in [0, 0.1) is 6.92 Å². The molecule has 42 heavy (non-hydrogen) atoms. The molecule has 4 rings (SSSR count). The first kappa shape index (κ1) is 32.3. The summed E-state index contributed by atoms with van der Waals surface area (Å²) in [6.07, 6.45) is 5.02. The Morgan fingerprint density at radius 1 is 0.952 bits per heavy atom. The Morgan fingerprint density at radius 3 is 2.21 bits per heavy atom. The van der Waals surface area contributed by atoms with Gasteiger partial charge in [0.15, 0.2) is 0 Å². The van der Waals surface area contributed by atoms with Gasteiger partial charge < -0.3 is 10.2 Å². The van der Waals surface area contributed by atoms with Gasteiger partial charge in [-0.25, -0.2) is 8.42 Å². The summed E-state index contributed by atoms with van der Waals surface area (Å²) in [6, 6.07) is 17.3. The lowest BCUT2D eigenvalue weighted by molar-refractivity contribution is -0.139. The lowest BCUT2D eigenvalue weighted by atomic mass is 9.95. The highest BCUT2D eigenvalue weighted by Gasteiger charge is 2.33. The van der Waals surface area contributed by atoms with Crippen molar-refractivity contribution in [1.82, 2.24) is 10.2 Å². The largest absolute Gasteiger partial charge is 0.352 e. The van der Waals surface area contributed by atoms with Crippen molar-refractivity contribution in [3.8, 4) is 0 Å². The number of aryl methyl sites for hydroxylation is 1. The second kappa shape index (κ2) is 14.3. The fourth-order valence-electron chi connectivity index (χ4n) is 4.96. The summed E-state index contributed by atoms with van der Waals surface area (Å²) in [7, 11) is -4.13. The van der Waals surface area contributed by atoms with Gasteiger partial charge in [-0.2, -0.15) is 0 Å². The molecule has 1 saturated carbocycles. The SMILES string of the molecule is Cc1ccc(S(=O)(=O)N(CC(=O)N(Cc2ccc(Cl)c(Cl)c2)[C@H](C)C(=O)NC2CCCCC2)c2ccc(Br)cc2)cc1. The molecule has 224 valence electrons. The molecule has 1 aliphatic carbocycles. The summed E-state index contributed by atoms with van der Waals surface area (Å²) in [5.41, 5.74) is 1.89. The van der Waals surface area contributed by atoms with Gasteiger partial charge in [0.05, 0.1) is 20.6 Å². The van der Waals surface area contributed by atoms with E-state index >= 15 is 0 Å². The lowest BCUT2D eigenvalue weighted by Crippen LogP contribution is -2.53. The molecular weight excluding hydrogens is 661 g/mol. The number of carbonyl (C=O) groups excluding carboxylic acids is 2. The number of sulfonamides is 1. The van der Waals surface area contributed by atoms with Gasteiger partial charge in [0.25, 0.3) is 10.0 Å². The number of carbonyl (C=O) groups is 2. The molecule has 0 aliphatic heterocycles. The molecule has 0 bridgehead atoms. The molecule has 3 aromatic rings. The molecule has 7 nitrogen and oxygen atoms in total. The van der Waals surface area contributed by atoms with Crippen molar-refractivity contribution >= 4 is 66.7 Å². The molecule has 0 radical (unpaired) electrons. The van der Waals surface area contributed by atoms with Crippen LogP contribution in [-0.4, -0.2) is 43.8 Å². The molecule has 1 N–H and O–H groups in total. The van der Waals surface area contributed by atoms with Crippen LogP contribution in [0.1, 0.15) is 50.2 Å². The van der Waals surface area contributed by atoms with Gasteiger partial charge in [0.2, 0.25) is 11.8 Å². The third-order valence-electron chi connectivity index (χ3n) is 7.46. The van der Waals surface area contributed by atoms with E-state index in [0.29, 0.717) is 21.3 Å². The minimum Gasteiger partial charge on any atom is -0.352 e. The maximum Gasteiger partial charge on any atom is 0.264 e. The van der Waals surface area contributed by atoms with Crippen molar-refractivity contribution in [2.24, 2.45) is 0 Å². The summed E-state index contributed by atoms with van der Waals surface area (Å²) in [5.74, 6) is -0.821. The highest BCUT2D eigenvalue weighted by atomic mass is 79.9. The van der Waals surface area contributed by atoms with E-state index < -0.39 is 28.5 Å². The van der Waals surface area contributed by atoms with E-state index in [1.807, 2.05) is 6.92 Å². The van der Waals surface area contributed by atoms with Crippen molar-refractivity contribution in [3.63, 3.8) is 0 Å². The smallest absolute Gasteiger partial charge is 0.264 e. The zero-order valence-corrected chi connectivity index (χ0v) is 27.4. The predicted molar refractivity (Wildman–Crippen MR) is 171 cm³/mol. The Morgan fingerprint density at radius 2 is 1.60 bits per heavy atom. The summed E-state index contributed by atoms with van der Waals surface area (Å²) < 4.78 is 29.7. The van der Waals surface area contributed by atoms with Crippen molar-refractivity contribution < 1.29 is 18.0 Å². The van der Waals surface area contributed by atoms with Crippen LogP contribution in [0.5, 0.6) is 0 Å². The van der Waals surface area contributed by atoms with Crippen LogP contribution in [0.2, 0.25) is 10.0 Å².